The van der Waals surface area contributed by atoms with Crippen LogP contribution in [0.25, 0.3) is 11.1 Å². The number of hydrogen-bond donors (Lipinski definition) is 1. The molecule has 1 amide bonds. The van der Waals surface area contributed by atoms with Crippen molar-refractivity contribution in [3.05, 3.63) is 53.6 Å². The molecular weight excluding hydrogens is 298 g/mol. The van der Waals surface area contributed by atoms with Gasteiger partial charge in [-0.1, -0.05) is 30.3 Å². The van der Waals surface area contributed by atoms with Crippen molar-refractivity contribution in [2.75, 3.05) is 18.0 Å². The third kappa shape index (κ3) is 2.38. The van der Waals surface area contributed by atoms with Crippen LogP contribution in [0.5, 0.6) is 0 Å². The van der Waals surface area contributed by atoms with Crippen LogP contribution in [-0.2, 0) is 11.2 Å². The fourth-order valence-electron chi connectivity index (χ4n) is 3.81. The zero-order valence-corrected chi connectivity index (χ0v) is 13.5. The lowest BCUT2D eigenvalue weighted by atomic mass is 9.94. The Morgan fingerprint density at radius 1 is 1.17 bits per heavy atom. The van der Waals surface area contributed by atoms with E-state index in [4.69, 9.17) is 0 Å². The monoisotopic (exact) mass is 317 g/mol. The van der Waals surface area contributed by atoms with Crippen LogP contribution in [0.4, 0.5) is 5.69 Å². The number of anilines is 1. The SMILES string of the molecule is N#Cc1ccccc1-c1cccc2c1CCN2C(=O)C1CCCN1. The molecule has 1 unspecified atom stereocenters. The van der Waals surface area contributed by atoms with Gasteiger partial charge >= 0.3 is 0 Å². The molecule has 120 valence electrons. The molecule has 2 aliphatic rings. The summed E-state index contributed by atoms with van der Waals surface area (Å²) in [5, 5.41) is 12.7. The van der Waals surface area contributed by atoms with Gasteiger partial charge in [-0.3, -0.25) is 4.79 Å². The summed E-state index contributed by atoms with van der Waals surface area (Å²) >= 11 is 0. The Kier molecular flexibility index (Phi) is 3.79. The first-order valence-electron chi connectivity index (χ1n) is 8.46. The minimum Gasteiger partial charge on any atom is -0.310 e. The van der Waals surface area contributed by atoms with E-state index in [1.54, 1.807) is 0 Å². The van der Waals surface area contributed by atoms with E-state index >= 15 is 0 Å². The van der Waals surface area contributed by atoms with Gasteiger partial charge in [-0.25, -0.2) is 0 Å². The van der Waals surface area contributed by atoms with E-state index in [0.717, 1.165) is 49.2 Å². The fourth-order valence-corrected chi connectivity index (χ4v) is 3.81. The van der Waals surface area contributed by atoms with E-state index in [0.29, 0.717) is 5.56 Å². The predicted molar refractivity (Wildman–Crippen MR) is 93.7 cm³/mol. The van der Waals surface area contributed by atoms with Crippen molar-refractivity contribution in [1.29, 1.82) is 5.26 Å². The number of rotatable bonds is 2. The van der Waals surface area contributed by atoms with Crippen molar-refractivity contribution >= 4 is 11.6 Å². The number of carbonyl (C=O) groups is 1. The largest absolute Gasteiger partial charge is 0.310 e. The Morgan fingerprint density at radius 2 is 2.00 bits per heavy atom. The van der Waals surface area contributed by atoms with Crippen LogP contribution in [-0.4, -0.2) is 25.0 Å². The van der Waals surface area contributed by atoms with Gasteiger partial charge in [0.2, 0.25) is 5.91 Å². The first-order chi connectivity index (χ1) is 11.8. The molecule has 2 heterocycles. The molecular formula is C20H19N3O. The number of carbonyl (C=O) groups excluding carboxylic acids is 1. The first-order valence-corrected chi connectivity index (χ1v) is 8.46. The third-order valence-electron chi connectivity index (χ3n) is 4.99. The molecule has 0 bridgehead atoms. The van der Waals surface area contributed by atoms with Crippen molar-refractivity contribution in [2.45, 2.75) is 25.3 Å². The fraction of sp³-hybridized carbons (Fsp3) is 0.300. The van der Waals surface area contributed by atoms with E-state index in [-0.39, 0.29) is 11.9 Å². The van der Waals surface area contributed by atoms with Gasteiger partial charge in [0.05, 0.1) is 17.7 Å². The highest BCUT2D eigenvalue weighted by Gasteiger charge is 2.32. The highest BCUT2D eigenvalue weighted by Crippen LogP contribution is 2.37. The Hall–Kier alpha value is -2.64. The van der Waals surface area contributed by atoms with Gasteiger partial charge in [0, 0.05) is 12.2 Å². The third-order valence-corrected chi connectivity index (χ3v) is 4.99. The number of nitrogens with zero attached hydrogens (tertiary/aromatic N) is 2. The molecule has 1 N–H and O–H groups in total. The number of nitriles is 1. The summed E-state index contributed by atoms with van der Waals surface area (Å²) < 4.78 is 0. The smallest absolute Gasteiger partial charge is 0.244 e. The molecule has 4 nitrogen and oxygen atoms in total. The van der Waals surface area contributed by atoms with Crippen LogP contribution in [0.1, 0.15) is 24.0 Å². The number of fused-ring (bicyclic) bond motifs is 1. The highest BCUT2D eigenvalue weighted by molar-refractivity contribution is 6.00. The summed E-state index contributed by atoms with van der Waals surface area (Å²) in [4.78, 5) is 14.7. The number of benzene rings is 2. The van der Waals surface area contributed by atoms with E-state index < -0.39 is 0 Å². The molecule has 0 spiro atoms. The molecule has 0 radical (unpaired) electrons. The van der Waals surface area contributed by atoms with Crippen LogP contribution in [0.2, 0.25) is 0 Å². The van der Waals surface area contributed by atoms with E-state index in [9.17, 15) is 10.1 Å². The summed E-state index contributed by atoms with van der Waals surface area (Å²) in [7, 11) is 0. The normalized spacial score (nSPS) is 19.1. The summed E-state index contributed by atoms with van der Waals surface area (Å²) in [6.45, 7) is 1.64. The van der Waals surface area contributed by atoms with Crippen molar-refractivity contribution in [2.24, 2.45) is 0 Å². The second kappa shape index (κ2) is 6.10. The van der Waals surface area contributed by atoms with Crippen LogP contribution in [0.15, 0.2) is 42.5 Å². The summed E-state index contributed by atoms with van der Waals surface area (Å²) in [6, 6.07) is 15.9. The lowest BCUT2D eigenvalue weighted by Crippen LogP contribution is -2.42. The number of hydrogen-bond acceptors (Lipinski definition) is 3. The van der Waals surface area contributed by atoms with Gasteiger partial charge in [-0.15, -0.1) is 0 Å². The summed E-state index contributed by atoms with van der Waals surface area (Å²) in [5.74, 6) is 0.178. The maximum Gasteiger partial charge on any atom is 0.244 e. The van der Waals surface area contributed by atoms with Crippen molar-refractivity contribution in [3.8, 4) is 17.2 Å². The first kappa shape index (κ1) is 14.9. The average molecular weight is 317 g/mol. The molecule has 4 heteroatoms. The molecule has 0 saturated carbocycles. The molecule has 2 aliphatic heterocycles. The van der Waals surface area contributed by atoms with Crippen LogP contribution < -0.4 is 10.2 Å². The molecule has 4 rings (SSSR count). The Labute approximate surface area is 141 Å². The highest BCUT2D eigenvalue weighted by atomic mass is 16.2. The molecule has 24 heavy (non-hydrogen) atoms. The van der Waals surface area contributed by atoms with Gasteiger partial charge in [0.15, 0.2) is 0 Å². The zero-order valence-electron chi connectivity index (χ0n) is 13.5. The summed E-state index contributed by atoms with van der Waals surface area (Å²) in [6.07, 6.45) is 2.82. The molecule has 1 fully saturated rings. The van der Waals surface area contributed by atoms with Gasteiger partial charge < -0.3 is 10.2 Å². The van der Waals surface area contributed by atoms with Crippen LogP contribution in [0.3, 0.4) is 0 Å². The topological polar surface area (TPSA) is 56.1 Å². The molecule has 1 atom stereocenters. The second-order valence-corrected chi connectivity index (χ2v) is 6.35. The predicted octanol–water partition coefficient (Wildman–Crippen LogP) is 2.87. The van der Waals surface area contributed by atoms with E-state index in [2.05, 4.69) is 17.5 Å². The Morgan fingerprint density at radius 3 is 2.79 bits per heavy atom. The lowest BCUT2D eigenvalue weighted by Gasteiger charge is -2.21. The zero-order chi connectivity index (χ0) is 16.5. The van der Waals surface area contributed by atoms with E-state index in [1.807, 2.05) is 41.3 Å². The second-order valence-electron chi connectivity index (χ2n) is 6.35. The van der Waals surface area contributed by atoms with Crippen molar-refractivity contribution in [3.63, 3.8) is 0 Å². The minimum atomic E-state index is -0.0500. The standard InChI is InChI=1S/C20H19N3O/c21-13-14-5-1-2-6-15(14)16-7-3-9-19-17(16)10-12-23(19)20(24)18-8-4-11-22-18/h1-3,5-7,9,18,22H,4,8,10-12H2. The van der Waals surface area contributed by atoms with Crippen molar-refractivity contribution < 1.29 is 4.79 Å². The van der Waals surface area contributed by atoms with Gasteiger partial charge in [-0.05, 0) is 54.6 Å². The average Bonchev–Trinajstić information content (AvgIpc) is 3.30. The lowest BCUT2D eigenvalue weighted by molar-refractivity contribution is -0.120. The number of amides is 1. The molecule has 0 aromatic heterocycles. The molecule has 0 aliphatic carbocycles. The maximum absolute atomic E-state index is 12.8. The Balaban J connectivity index is 1.74. The van der Waals surface area contributed by atoms with Crippen LogP contribution >= 0.6 is 0 Å². The van der Waals surface area contributed by atoms with Gasteiger partial charge in [-0.2, -0.15) is 5.26 Å². The molecule has 2 aromatic carbocycles. The van der Waals surface area contributed by atoms with Gasteiger partial charge in [0.1, 0.15) is 0 Å². The molecule has 1 saturated heterocycles. The van der Waals surface area contributed by atoms with E-state index in [1.165, 1.54) is 5.56 Å². The summed E-state index contributed by atoms with van der Waals surface area (Å²) in [5.41, 5.74) is 4.86. The molecule has 2 aromatic rings. The van der Waals surface area contributed by atoms with Gasteiger partial charge in [0.25, 0.3) is 0 Å². The van der Waals surface area contributed by atoms with Crippen LogP contribution in [0, 0.1) is 11.3 Å². The quantitative estimate of drug-likeness (QED) is 0.926. The Bertz CT molecular complexity index is 831. The van der Waals surface area contributed by atoms with Crippen molar-refractivity contribution in [1.82, 2.24) is 5.32 Å². The number of nitrogens with one attached hydrogen (secondary N) is 1. The minimum absolute atomic E-state index is 0.0500. The maximum atomic E-state index is 12.8.